The minimum atomic E-state index is -0.502. The van der Waals surface area contributed by atoms with E-state index >= 15 is 0 Å². The van der Waals surface area contributed by atoms with Crippen LogP contribution in [0.1, 0.15) is 18.4 Å². The Morgan fingerprint density at radius 3 is 2.69 bits per heavy atom. The summed E-state index contributed by atoms with van der Waals surface area (Å²) >= 11 is 5.89. The van der Waals surface area contributed by atoms with E-state index in [1.807, 2.05) is 0 Å². The largest absolute Gasteiger partial charge is 0.299 e. The second-order valence-electron chi connectivity index (χ2n) is 3.95. The van der Waals surface area contributed by atoms with Gasteiger partial charge in [0.1, 0.15) is 5.78 Å². The standard InChI is InChI=1S/C11H10ClNO3/c12-10-6-9(13(15)16)4-3-8(10)5-11(14)7-1-2-7/h3-4,6-7H,1-2,5H2. The monoisotopic (exact) mass is 239 g/mol. The van der Waals surface area contributed by atoms with Crippen molar-refractivity contribution >= 4 is 23.1 Å². The molecule has 0 N–H and O–H groups in total. The number of hydrogen-bond acceptors (Lipinski definition) is 3. The van der Waals surface area contributed by atoms with Gasteiger partial charge in [-0.2, -0.15) is 0 Å². The van der Waals surface area contributed by atoms with E-state index in [9.17, 15) is 14.9 Å². The summed E-state index contributed by atoms with van der Waals surface area (Å²) in [6.07, 6.45) is 2.20. The lowest BCUT2D eigenvalue weighted by atomic mass is 10.1. The van der Waals surface area contributed by atoms with E-state index in [1.165, 1.54) is 12.1 Å². The lowest BCUT2D eigenvalue weighted by molar-refractivity contribution is -0.384. The first-order chi connectivity index (χ1) is 7.58. The molecule has 0 radical (unpaired) electrons. The summed E-state index contributed by atoms with van der Waals surface area (Å²) in [5, 5.41) is 10.8. The summed E-state index contributed by atoms with van der Waals surface area (Å²) < 4.78 is 0. The van der Waals surface area contributed by atoms with Crippen LogP contribution in [0.2, 0.25) is 5.02 Å². The molecule has 2 rings (SSSR count). The van der Waals surface area contributed by atoms with Gasteiger partial charge in [0.05, 0.1) is 9.95 Å². The first-order valence-corrected chi connectivity index (χ1v) is 5.41. The summed E-state index contributed by atoms with van der Waals surface area (Å²) in [6.45, 7) is 0. The molecule has 0 aromatic heterocycles. The zero-order chi connectivity index (χ0) is 11.7. The highest BCUT2D eigenvalue weighted by Crippen LogP contribution is 2.32. The Balaban J connectivity index is 2.15. The van der Waals surface area contributed by atoms with Gasteiger partial charge >= 0.3 is 0 Å². The van der Waals surface area contributed by atoms with Gasteiger partial charge in [-0.3, -0.25) is 14.9 Å². The lowest BCUT2D eigenvalue weighted by Crippen LogP contribution is -2.05. The van der Waals surface area contributed by atoms with Gasteiger partial charge in [0.2, 0.25) is 0 Å². The second kappa shape index (κ2) is 4.22. The van der Waals surface area contributed by atoms with Gasteiger partial charge in [-0.15, -0.1) is 0 Å². The minimum absolute atomic E-state index is 0.0485. The van der Waals surface area contributed by atoms with Crippen molar-refractivity contribution in [3.63, 3.8) is 0 Å². The van der Waals surface area contributed by atoms with Crippen LogP contribution in [0.4, 0.5) is 5.69 Å². The molecule has 0 saturated heterocycles. The molecule has 1 aliphatic carbocycles. The topological polar surface area (TPSA) is 60.2 Å². The molecule has 0 atom stereocenters. The maximum atomic E-state index is 11.6. The van der Waals surface area contributed by atoms with Crippen molar-refractivity contribution in [3.8, 4) is 0 Å². The highest BCUT2D eigenvalue weighted by molar-refractivity contribution is 6.31. The molecule has 16 heavy (non-hydrogen) atoms. The number of carbonyl (C=O) groups is 1. The molecule has 1 aromatic carbocycles. The second-order valence-corrected chi connectivity index (χ2v) is 4.36. The molecule has 1 saturated carbocycles. The number of ketones is 1. The minimum Gasteiger partial charge on any atom is -0.299 e. The van der Waals surface area contributed by atoms with Crippen molar-refractivity contribution < 1.29 is 9.72 Å². The molecule has 1 aliphatic rings. The molecule has 1 aromatic rings. The van der Waals surface area contributed by atoms with Crippen LogP contribution in [0.25, 0.3) is 0 Å². The fourth-order valence-corrected chi connectivity index (χ4v) is 1.77. The fraction of sp³-hybridized carbons (Fsp3) is 0.364. The van der Waals surface area contributed by atoms with Crippen LogP contribution in [0.5, 0.6) is 0 Å². The molecule has 1 fully saturated rings. The Hall–Kier alpha value is -1.42. The maximum Gasteiger partial charge on any atom is 0.270 e. The summed E-state index contributed by atoms with van der Waals surface area (Å²) in [7, 11) is 0. The van der Waals surface area contributed by atoms with E-state index < -0.39 is 4.92 Å². The Labute approximate surface area is 97.4 Å². The smallest absolute Gasteiger partial charge is 0.270 e. The van der Waals surface area contributed by atoms with Gasteiger partial charge < -0.3 is 0 Å². The van der Waals surface area contributed by atoms with E-state index in [4.69, 9.17) is 11.6 Å². The molecular formula is C11H10ClNO3. The lowest BCUT2D eigenvalue weighted by Gasteiger charge is -2.02. The first kappa shape index (κ1) is 11.1. The normalized spacial score (nSPS) is 14.8. The van der Waals surface area contributed by atoms with Crippen LogP contribution in [0, 0.1) is 16.0 Å². The molecule has 4 nitrogen and oxygen atoms in total. The number of nitro benzene ring substituents is 1. The van der Waals surface area contributed by atoms with E-state index in [-0.39, 0.29) is 23.8 Å². The van der Waals surface area contributed by atoms with Gasteiger partial charge in [-0.25, -0.2) is 0 Å². The van der Waals surface area contributed by atoms with Crippen LogP contribution < -0.4 is 0 Å². The van der Waals surface area contributed by atoms with Gasteiger partial charge in [-0.05, 0) is 18.4 Å². The molecule has 0 amide bonds. The Morgan fingerprint density at radius 2 is 2.19 bits per heavy atom. The molecule has 84 valence electrons. The van der Waals surface area contributed by atoms with Crippen LogP contribution in [-0.4, -0.2) is 10.7 Å². The molecule has 0 unspecified atom stereocenters. The van der Waals surface area contributed by atoms with E-state index in [2.05, 4.69) is 0 Å². The average Bonchev–Trinajstić information content (AvgIpc) is 3.03. The number of rotatable bonds is 4. The average molecular weight is 240 g/mol. The number of nitrogens with zero attached hydrogens (tertiary/aromatic N) is 1. The molecular weight excluding hydrogens is 230 g/mol. The third-order valence-corrected chi connectivity index (χ3v) is 3.00. The first-order valence-electron chi connectivity index (χ1n) is 5.03. The van der Waals surface area contributed by atoms with Gasteiger partial charge in [0.25, 0.3) is 5.69 Å². The van der Waals surface area contributed by atoms with Crippen molar-refractivity contribution in [2.24, 2.45) is 5.92 Å². The van der Waals surface area contributed by atoms with Crippen LogP contribution in [0.3, 0.4) is 0 Å². The Morgan fingerprint density at radius 1 is 1.50 bits per heavy atom. The molecule has 0 bridgehead atoms. The molecule has 0 heterocycles. The number of carbonyl (C=O) groups excluding carboxylic acids is 1. The van der Waals surface area contributed by atoms with Crippen molar-refractivity contribution in [3.05, 3.63) is 38.9 Å². The quantitative estimate of drug-likeness (QED) is 0.600. The predicted molar refractivity (Wildman–Crippen MR) is 59.5 cm³/mol. The Bertz CT molecular complexity index is 455. The van der Waals surface area contributed by atoms with Gasteiger partial charge in [-0.1, -0.05) is 17.7 Å². The van der Waals surface area contributed by atoms with Crippen LogP contribution in [0.15, 0.2) is 18.2 Å². The van der Waals surface area contributed by atoms with Crippen LogP contribution >= 0.6 is 11.6 Å². The maximum absolute atomic E-state index is 11.6. The van der Waals surface area contributed by atoms with E-state index in [0.29, 0.717) is 10.6 Å². The van der Waals surface area contributed by atoms with Gasteiger partial charge in [0.15, 0.2) is 0 Å². The zero-order valence-electron chi connectivity index (χ0n) is 8.48. The summed E-state index contributed by atoms with van der Waals surface area (Å²) in [6, 6.07) is 4.22. The number of hydrogen-bond donors (Lipinski definition) is 0. The van der Waals surface area contributed by atoms with Crippen molar-refractivity contribution in [2.75, 3.05) is 0 Å². The number of non-ortho nitro benzene ring substituents is 1. The number of Topliss-reactive ketones (excluding diaryl/α,β-unsaturated/α-hetero) is 1. The number of nitro groups is 1. The molecule has 0 aliphatic heterocycles. The molecule has 0 spiro atoms. The summed E-state index contributed by atoms with van der Waals surface area (Å²) in [5.74, 6) is 0.363. The summed E-state index contributed by atoms with van der Waals surface area (Å²) in [4.78, 5) is 21.5. The van der Waals surface area contributed by atoms with Crippen molar-refractivity contribution in [2.45, 2.75) is 19.3 Å². The van der Waals surface area contributed by atoms with Crippen molar-refractivity contribution in [1.82, 2.24) is 0 Å². The summed E-state index contributed by atoms with van der Waals surface area (Å²) in [5.41, 5.74) is 0.622. The third-order valence-electron chi connectivity index (χ3n) is 2.64. The van der Waals surface area contributed by atoms with E-state index in [0.717, 1.165) is 12.8 Å². The predicted octanol–water partition coefficient (Wildman–Crippen LogP) is 2.77. The SMILES string of the molecule is O=C(Cc1ccc([N+](=O)[O-])cc1Cl)C1CC1. The van der Waals surface area contributed by atoms with Gasteiger partial charge in [0, 0.05) is 24.5 Å². The van der Waals surface area contributed by atoms with E-state index in [1.54, 1.807) is 6.07 Å². The third kappa shape index (κ3) is 2.39. The Kier molecular flexibility index (Phi) is 2.92. The molecule has 5 heteroatoms. The fourth-order valence-electron chi connectivity index (χ4n) is 1.53. The number of halogens is 1. The highest BCUT2D eigenvalue weighted by atomic mass is 35.5. The van der Waals surface area contributed by atoms with Crippen LogP contribution in [-0.2, 0) is 11.2 Å². The van der Waals surface area contributed by atoms with Crippen molar-refractivity contribution in [1.29, 1.82) is 0 Å². The number of benzene rings is 1. The highest BCUT2D eigenvalue weighted by Gasteiger charge is 2.29. The zero-order valence-corrected chi connectivity index (χ0v) is 9.24.